The Hall–Kier alpha value is -1.91. The Morgan fingerprint density at radius 1 is 1.00 bits per heavy atom. The summed E-state index contributed by atoms with van der Waals surface area (Å²) in [6.07, 6.45) is 0.160. The van der Waals surface area contributed by atoms with E-state index in [9.17, 15) is 4.79 Å². The number of ether oxygens (including phenoxy) is 3. The third-order valence-corrected chi connectivity index (χ3v) is 3.76. The quantitative estimate of drug-likeness (QED) is 0.686. The Balaban J connectivity index is 1.71. The monoisotopic (exact) mass is 354 g/mol. The zero-order valence-electron chi connectivity index (χ0n) is 12.6. The molecule has 0 atom stereocenters. The minimum atomic E-state index is -0.343. The van der Waals surface area contributed by atoms with Gasteiger partial charge in [-0.05, 0) is 42.0 Å². The number of methoxy groups -OCH3 is 1. The standard InChI is InChI=1S/C17H16Cl2O4/c1-21-13-3-5-14(6-4-13)22-9-8-17(20)23-11-12-2-7-15(18)16(19)10-12/h2-7,10H,8-9,11H2,1H3. The lowest BCUT2D eigenvalue weighted by molar-refractivity contribution is -0.145. The molecule has 0 fully saturated rings. The molecule has 0 bridgehead atoms. The number of benzene rings is 2. The number of rotatable bonds is 7. The van der Waals surface area contributed by atoms with E-state index < -0.39 is 0 Å². The summed E-state index contributed by atoms with van der Waals surface area (Å²) < 4.78 is 15.7. The van der Waals surface area contributed by atoms with Crippen molar-refractivity contribution in [3.8, 4) is 11.5 Å². The first kappa shape index (κ1) is 17.4. The number of carbonyl (C=O) groups is 1. The zero-order valence-corrected chi connectivity index (χ0v) is 14.1. The van der Waals surface area contributed by atoms with Crippen molar-refractivity contribution >= 4 is 29.2 Å². The summed E-state index contributed by atoms with van der Waals surface area (Å²) in [5, 5.41) is 0.901. The topological polar surface area (TPSA) is 44.8 Å². The van der Waals surface area contributed by atoms with Gasteiger partial charge in [-0.15, -0.1) is 0 Å². The maximum Gasteiger partial charge on any atom is 0.309 e. The molecule has 4 nitrogen and oxygen atoms in total. The molecule has 0 heterocycles. The first-order valence-electron chi connectivity index (χ1n) is 6.95. The van der Waals surface area contributed by atoms with Crippen molar-refractivity contribution in [2.45, 2.75) is 13.0 Å². The Morgan fingerprint density at radius 2 is 1.70 bits per heavy atom. The van der Waals surface area contributed by atoms with E-state index in [2.05, 4.69) is 0 Å². The van der Waals surface area contributed by atoms with Crippen molar-refractivity contribution in [2.24, 2.45) is 0 Å². The largest absolute Gasteiger partial charge is 0.497 e. The fourth-order valence-corrected chi connectivity index (χ4v) is 2.11. The van der Waals surface area contributed by atoms with Crippen LogP contribution in [-0.2, 0) is 16.1 Å². The lowest BCUT2D eigenvalue weighted by Crippen LogP contribution is -2.10. The lowest BCUT2D eigenvalue weighted by Gasteiger charge is -2.08. The van der Waals surface area contributed by atoms with Gasteiger partial charge >= 0.3 is 5.97 Å². The molecule has 2 aromatic carbocycles. The van der Waals surface area contributed by atoms with Gasteiger partial charge in [-0.25, -0.2) is 0 Å². The molecule has 0 aromatic heterocycles. The number of carbonyl (C=O) groups excluding carboxylic acids is 1. The highest BCUT2D eigenvalue weighted by molar-refractivity contribution is 6.42. The lowest BCUT2D eigenvalue weighted by atomic mass is 10.2. The summed E-state index contributed by atoms with van der Waals surface area (Å²) in [4.78, 5) is 11.7. The van der Waals surface area contributed by atoms with E-state index in [1.807, 2.05) is 0 Å². The van der Waals surface area contributed by atoms with E-state index in [-0.39, 0.29) is 25.6 Å². The average Bonchev–Trinajstić information content (AvgIpc) is 2.56. The van der Waals surface area contributed by atoms with Crippen LogP contribution >= 0.6 is 23.2 Å². The number of hydrogen-bond donors (Lipinski definition) is 0. The molecule has 6 heteroatoms. The van der Waals surface area contributed by atoms with E-state index in [0.717, 1.165) is 11.3 Å². The Morgan fingerprint density at radius 3 is 2.35 bits per heavy atom. The van der Waals surface area contributed by atoms with Crippen LogP contribution in [-0.4, -0.2) is 19.7 Å². The molecule has 0 radical (unpaired) electrons. The van der Waals surface area contributed by atoms with Crippen LogP contribution in [0, 0.1) is 0 Å². The van der Waals surface area contributed by atoms with Gasteiger partial charge < -0.3 is 14.2 Å². The highest BCUT2D eigenvalue weighted by Crippen LogP contribution is 2.23. The predicted molar refractivity (Wildman–Crippen MR) is 89.4 cm³/mol. The van der Waals surface area contributed by atoms with Crippen molar-refractivity contribution in [1.82, 2.24) is 0 Å². The van der Waals surface area contributed by atoms with E-state index in [4.69, 9.17) is 37.4 Å². The molecule has 0 aliphatic rings. The van der Waals surface area contributed by atoms with E-state index >= 15 is 0 Å². The molecular weight excluding hydrogens is 339 g/mol. The number of esters is 1. The molecule has 0 saturated heterocycles. The third-order valence-electron chi connectivity index (χ3n) is 3.02. The molecule has 0 saturated carbocycles. The van der Waals surface area contributed by atoms with Gasteiger partial charge in [0.15, 0.2) is 0 Å². The van der Waals surface area contributed by atoms with Crippen molar-refractivity contribution in [1.29, 1.82) is 0 Å². The van der Waals surface area contributed by atoms with Crippen LogP contribution in [0.5, 0.6) is 11.5 Å². The molecular formula is C17H16Cl2O4. The van der Waals surface area contributed by atoms with Gasteiger partial charge in [0.1, 0.15) is 18.1 Å². The van der Waals surface area contributed by atoms with Crippen LogP contribution in [0.2, 0.25) is 10.0 Å². The van der Waals surface area contributed by atoms with Crippen LogP contribution in [0.1, 0.15) is 12.0 Å². The molecule has 0 aliphatic heterocycles. The summed E-state index contributed by atoms with van der Waals surface area (Å²) in [5.41, 5.74) is 0.781. The van der Waals surface area contributed by atoms with Gasteiger partial charge in [-0.1, -0.05) is 29.3 Å². The van der Waals surface area contributed by atoms with Crippen LogP contribution in [0.15, 0.2) is 42.5 Å². The Bertz CT molecular complexity index is 656. The highest BCUT2D eigenvalue weighted by Gasteiger charge is 2.06. The maximum atomic E-state index is 11.7. The van der Waals surface area contributed by atoms with Gasteiger partial charge in [-0.2, -0.15) is 0 Å². The second-order valence-corrected chi connectivity index (χ2v) is 5.50. The highest BCUT2D eigenvalue weighted by atomic mass is 35.5. The predicted octanol–water partition coefficient (Wildman–Crippen LogP) is 4.51. The van der Waals surface area contributed by atoms with E-state index in [0.29, 0.717) is 15.8 Å². The van der Waals surface area contributed by atoms with Crippen molar-refractivity contribution < 1.29 is 19.0 Å². The molecule has 0 unspecified atom stereocenters. The fraction of sp³-hybridized carbons (Fsp3) is 0.235. The maximum absolute atomic E-state index is 11.7. The first-order valence-corrected chi connectivity index (χ1v) is 7.70. The van der Waals surface area contributed by atoms with E-state index in [1.165, 1.54) is 0 Å². The summed E-state index contributed by atoms with van der Waals surface area (Å²) >= 11 is 11.7. The van der Waals surface area contributed by atoms with Crippen LogP contribution in [0.4, 0.5) is 0 Å². The first-order chi connectivity index (χ1) is 11.1. The summed E-state index contributed by atoms with van der Waals surface area (Å²) in [6, 6.07) is 12.2. The van der Waals surface area contributed by atoms with E-state index in [1.54, 1.807) is 49.6 Å². The van der Waals surface area contributed by atoms with Gasteiger partial charge in [-0.3, -0.25) is 4.79 Å². The fourth-order valence-electron chi connectivity index (χ4n) is 1.79. The van der Waals surface area contributed by atoms with Gasteiger partial charge in [0.2, 0.25) is 0 Å². The molecule has 2 aromatic rings. The van der Waals surface area contributed by atoms with Crippen molar-refractivity contribution in [2.75, 3.05) is 13.7 Å². The third kappa shape index (κ3) is 5.66. The van der Waals surface area contributed by atoms with Crippen LogP contribution in [0.25, 0.3) is 0 Å². The summed E-state index contributed by atoms with van der Waals surface area (Å²) in [6.45, 7) is 0.394. The SMILES string of the molecule is COc1ccc(OCCC(=O)OCc2ccc(Cl)c(Cl)c2)cc1. The Labute approximate surface area is 144 Å². The van der Waals surface area contributed by atoms with Gasteiger partial charge in [0.25, 0.3) is 0 Å². The zero-order chi connectivity index (χ0) is 16.7. The molecule has 0 aliphatic carbocycles. The second-order valence-electron chi connectivity index (χ2n) is 4.68. The minimum absolute atomic E-state index is 0.151. The van der Waals surface area contributed by atoms with Gasteiger partial charge in [0.05, 0.1) is 30.2 Å². The second kappa shape index (κ2) is 8.65. The minimum Gasteiger partial charge on any atom is -0.497 e. The molecule has 0 amide bonds. The van der Waals surface area contributed by atoms with Crippen molar-refractivity contribution in [3.63, 3.8) is 0 Å². The van der Waals surface area contributed by atoms with Crippen LogP contribution in [0.3, 0.4) is 0 Å². The molecule has 122 valence electrons. The Kier molecular flexibility index (Phi) is 6.56. The smallest absolute Gasteiger partial charge is 0.309 e. The molecule has 23 heavy (non-hydrogen) atoms. The normalized spacial score (nSPS) is 10.2. The van der Waals surface area contributed by atoms with Gasteiger partial charge in [0, 0.05) is 0 Å². The molecule has 0 N–H and O–H groups in total. The van der Waals surface area contributed by atoms with Crippen molar-refractivity contribution in [3.05, 3.63) is 58.1 Å². The van der Waals surface area contributed by atoms with Crippen LogP contribution < -0.4 is 9.47 Å². The molecule has 2 rings (SSSR count). The summed E-state index contributed by atoms with van der Waals surface area (Å²) in [5.74, 6) is 1.08. The average molecular weight is 355 g/mol. The number of halogens is 2. The molecule has 0 spiro atoms. The number of hydrogen-bond acceptors (Lipinski definition) is 4. The summed E-state index contributed by atoms with van der Waals surface area (Å²) in [7, 11) is 1.60.